The van der Waals surface area contributed by atoms with Crippen molar-refractivity contribution in [1.82, 2.24) is 9.97 Å². The van der Waals surface area contributed by atoms with E-state index in [2.05, 4.69) is 15.3 Å². The average molecular weight is 466 g/mol. The normalized spacial score (nSPS) is 10.6. The molecule has 0 aliphatic carbocycles. The summed E-state index contributed by atoms with van der Waals surface area (Å²) in [6.45, 7) is 2.15. The molecule has 1 N–H and O–H groups in total. The van der Waals surface area contributed by atoms with E-state index in [1.54, 1.807) is 49.8 Å². The Balaban J connectivity index is 1.51. The van der Waals surface area contributed by atoms with Crippen molar-refractivity contribution >= 4 is 34.5 Å². The lowest BCUT2D eigenvalue weighted by atomic mass is 10.2. The number of hydrogen-bond donors (Lipinski definition) is 1. The number of hydrogen-bond acceptors (Lipinski definition) is 6. The van der Waals surface area contributed by atoms with Crippen LogP contribution >= 0.6 is 22.9 Å². The third-order valence-corrected chi connectivity index (χ3v) is 6.09. The molecule has 0 saturated carbocycles. The Bertz CT molecular complexity index is 1230. The molecule has 0 radical (unpaired) electrons. The summed E-state index contributed by atoms with van der Waals surface area (Å²) in [6.07, 6.45) is 3.45. The van der Waals surface area contributed by atoms with Gasteiger partial charge in [0.1, 0.15) is 16.5 Å². The molecule has 0 aliphatic heterocycles. The lowest BCUT2D eigenvalue weighted by molar-refractivity contribution is 0.103. The van der Waals surface area contributed by atoms with E-state index in [9.17, 15) is 4.79 Å². The molecule has 0 spiro atoms. The summed E-state index contributed by atoms with van der Waals surface area (Å²) in [6, 6.07) is 16.4. The summed E-state index contributed by atoms with van der Waals surface area (Å²) in [4.78, 5) is 22.1. The number of ether oxygens (including phenoxy) is 2. The predicted molar refractivity (Wildman–Crippen MR) is 127 cm³/mol. The number of amides is 1. The number of methoxy groups -OCH3 is 1. The zero-order chi connectivity index (χ0) is 22.5. The maximum absolute atomic E-state index is 12.9. The molecular weight excluding hydrogens is 446 g/mol. The lowest BCUT2D eigenvalue weighted by Crippen LogP contribution is -2.11. The third kappa shape index (κ3) is 5.07. The Labute approximate surface area is 194 Å². The molecule has 0 bridgehead atoms. The highest BCUT2D eigenvalue weighted by atomic mass is 35.5. The highest BCUT2D eigenvalue weighted by molar-refractivity contribution is 7.17. The first-order valence-electron chi connectivity index (χ1n) is 9.78. The fourth-order valence-corrected chi connectivity index (χ4v) is 4.12. The summed E-state index contributed by atoms with van der Waals surface area (Å²) >= 11 is 7.30. The van der Waals surface area contributed by atoms with Gasteiger partial charge >= 0.3 is 0 Å². The van der Waals surface area contributed by atoms with Gasteiger partial charge < -0.3 is 14.8 Å². The van der Waals surface area contributed by atoms with Crippen LogP contribution < -0.4 is 14.8 Å². The first kappa shape index (κ1) is 21.8. The number of aromatic nitrogens is 2. The van der Waals surface area contributed by atoms with E-state index < -0.39 is 0 Å². The van der Waals surface area contributed by atoms with Crippen LogP contribution in [0.5, 0.6) is 11.5 Å². The second-order valence-corrected chi connectivity index (χ2v) is 8.35. The molecule has 0 fully saturated rings. The van der Waals surface area contributed by atoms with Crippen molar-refractivity contribution in [3.05, 3.63) is 88.1 Å². The second kappa shape index (κ2) is 9.80. The molecule has 6 nitrogen and oxygen atoms in total. The van der Waals surface area contributed by atoms with Gasteiger partial charge in [0.15, 0.2) is 11.5 Å². The molecule has 4 rings (SSSR count). The van der Waals surface area contributed by atoms with Gasteiger partial charge in [0, 0.05) is 40.3 Å². The van der Waals surface area contributed by atoms with Crippen molar-refractivity contribution in [2.24, 2.45) is 0 Å². The Hall–Kier alpha value is -3.42. The molecule has 0 unspecified atom stereocenters. The van der Waals surface area contributed by atoms with Gasteiger partial charge in [-0.05, 0) is 37.3 Å². The van der Waals surface area contributed by atoms with E-state index in [0.29, 0.717) is 39.4 Å². The number of anilines is 1. The van der Waals surface area contributed by atoms with Gasteiger partial charge in [0.25, 0.3) is 5.91 Å². The minimum absolute atomic E-state index is 0.233. The maximum Gasteiger partial charge on any atom is 0.267 e. The number of nitrogens with zero attached hydrogens (tertiary/aromatic N) is 2. The predicted octanol–water partition coefficient (Wildman–Crippen LogP) is 6.01. The smallest absolute Gasteiger partial charge is 0.267 e. The van der Waals surface area contributed by atoms with Crippen LogP contribution in [0.1, 0.15) is 20.9 Å². The Morgan fingerprint density at radius 1 is 1.12 bits per heavy atom. The number of thiazole rings is 1. The maximum atomic E-state index is 12.9. The van der Waals surface area contributed by atoms with Gasteiger partial charge in [0.05, 0.1) is 12.8 Å². The summed E-state index contributed by atoms with van der Waals surface area (Å²) in [5.74, 6) is 0.867. The number of halogens is 1. The zero-order valence-corrected chi connectivity index (χ0v) is 19.0. The SMILES string of the molecule is COc1ccc(NC(=O)c2sc(-c3ccc(Cl)cc3)nc2C)cc1OCc1cccnc1. The highest BCUT2D eigenvalue weighted by Gasteiger charge is 2.17. The number of nitrogens with one attached hydrogen (secondary N) is 1. The summed E-state index contributed by atoms with van der Waals surface area (Å²) in [7, 11) is 1.57. The molecule has 0 saturated heterocycles. The van der Waals surface area contributed by atoms with Gasteiger partial charge in [-0.15, -0.1) is 11.3 Å². The largest absolute Gasteiger partial charge is 0.493 e. The van der Waals surface area contributed by atoms with Crippen LogP contribution in [0.25, 0.3) is 10.6 Å². The van der Waals surface area contributed by atoms with Gasteiger partial charge in [-0.2, -0.15) is 0 Å². The van der Waals surface area contributed by atoms with Crippen LogP contribution in [0.2, 0.25) is 5.02 Å². The molecule has 2 aromatic heterocycles. The lowest BCUT2D eigenvalue weighted by Gasteiger charge is -2.13. The van der Waals surface area contributed by atoms with Crippen molar-refractivity contribution in [2.75, 3.05) is 12.4 Å². The minimum atomic E-state index is -0.233. The molecule has 0 aliphatic rings. The van der Waals surface area contributed by atoms with Gasteiger partial charge in [0.2, 0.25) is 0 Å². The van der Waals surface area contributed by atoms with E-state index in [1.807, 2.05) is 31.2 Å². The van der Waals surface area contributed by atoms with Crippen LogP contribution in [0.15, 0.2) is 67.0 Å². The number of benzene rings is 2. The van der Waals surface area contributed by atoms with Gasteiger partial charge in [-0.25, -0.2) is 4.98 Å². The fourth-order valence-electron chi connectivity index (χ4n) is 3.02. The summed E-state index contributed by atoms with van der Waals surface area (Å²) < 4.78 is 11.3. The van der Waals surface area contributed by atoms with Crippen molar-refractivity contribution < 1.29 is 14.3 Å². The van der Waals surface area contributed by atoms with E-state index in [-0.39, 0.29) is 5.91 Å². The second-order valence-electron chi connectivity index (χ2n) is 6.91. The van der Waals surface area contributed by atoms with Crippen LogP contribution in [0.3, 0.4) is 0 Å². The number of carbonyl (C=O) groups excluding carboxylic acids is 1. The molecule has 162 valence electrons. The van der Waals surface area contributed by atoms with Crippen molar-refractivity contribution in [1.29, 1.82) is 0 Å². The first-order valence-corrected chi connectivity index (χ1v) is 11.0. The van der Waals surface area contributed by atoms with Gasteiger partial charge in [-0.3, -0.25) is 9.78 Å². The van der Waals surface area contributed by atoms with Crippen molar-refractivity contribution in [3.8, 4) is 22.1 Å². The molecular formula is C24H20ClN3O3S. The molecule has 32 heavy (non-hydrogen) atoms. The first-order chi connectivity index (χ1) is 15.5. The average Bonchev–Trinajstić information content (AvgIpc) is 3.20. The number of aryl methyl sites for hydroxylation is 1. The van der Waals surface area contributed by atoms with E-state index in [1.165, 1.54) is 11.3 Å². The van der Waals surface area contributed by atoms with E-state index in [0.717, 1.165) is 16.1 Å². The number of carbonyl (C=O) groups is 1. The number of rotatable bonds is 7. The quantitative estimate of drug-likeness (QED) is 0.362. The van der Waals surface area contributed by atoms with Crippen LogP contribution in [0.4, 0.5) is 5.69 Å². The molecule has 8 heteroatoms. The Morgan fingerprint density at radius 2 is 1.94 bits per heavy atom. The fraction of sp³-hybridized carbons (Fsp3) is 0.125. The van der Waals surface area contributed by atoms with Crippen LogP contribution in [-0.4, -0.2) is 23.0 Å². The van der Waals surface area contributed by atoms with Gasteiger partial charge in [-0.1, -0.05) is 29.8 Å². The Kier molecular flexibility index (Phi) is 6.68. The third-order valence-electron chi connectivity index (χ3n) is 4.63. The summed E-state index contributed by atoms with van der Waals surface area (Å²) in [5.41, 5.74) is 3.10. The number of pyridine rings is 1. The molecule has 2 heterocycles. The highest BCUT2D eigenvalue weighted by Crippen LogP contribution is 2.33. The molecule has 0 atom stereocenters. The Morgan fingerprint density at radius 3 is 2.66 bits per heavy atom. The van der Waals surface area contributed by atoms with E-state index in [4.69, 9.17) is 21.1 Å². The van der Waals surface area contributed by atoms with Crippen molar-refractivity contribution in [2.45, 2.75) is 13.5 Å². The monoisotopic (exact) mass is 465 g/mol. The molecule has 4 aromatic rings. The van der Waals surface area contributed by atoms with Crippen molar-refractivity contribution in [3.63, 3.8) is 0 Å². The summed E-state index contributed by atoms with van der Waals surface area (Å²) in [5, 5.41) is 4.34. The minimum Gasteiger partial charge on any atom is -0.493 e. The standard InChI is InChI=1S/C24H20ClN3O3S/c1-15-22(32-24(27-15)17-5-7-18(25)8-6-17)23(29)28-19-9-10-20(30-2)21(12-19)31-14-16-4-3-11-26-13-16/h3-13H,14H2,1-2H3,(H,28,29). The van der Waals surface area contributed by atoms with Crippen LogP contribution in [-0.2, 0) is 6.61 Å². The topological polar surface area (TPSA) is 73.3 Å². The van der Waals surface area contributed by atoms with E-state index >= 15 is 0 Å². The van der Waals surface area contributed by atoms with Crippen LogP contribution in [0, 0.1) is 6.92 Å². The molecule has 2 aromatic carbocycles. The molecule has 1 amide bonds. The zero-order valence-electron chi connectivity index (χ0n) is 17.5.